The number of ether oxygens (including phenoxy) is 1. The maximum absolute atomic E-state index is 12.1. The first-order valence-corrected chi connectivity index (χ1v) is 6.36. The summed E-state index contributed by atoms with van der Waals surface area (Å²) in [5, 5.41) is 2.80. The van der Waals surface area contributed by atoms with Crippen molar-refractivity contribution >= 4 is 11.6 Å². The summed E-state index contributed by atoms with van der Waals surface area (Å²) in [6.45, 7) is 2.74. The number of nitrogens with one attached hydrogen (secondary N) is 1. The molecule has 0 bridgehead atoms. The number of nitrogens with two attached hydrogens (primary N) is 1. The monoisotopic (exact) mass is 271 g/mol. The van der Waals surface area contributed by atoms with Gasteiger partial charge in [0.1, 0.15) is 18.1 Å². The van der Waals surface area contributed by atoms with E-state index in [0.29, 0.717) is 30.3 Å². The highest BCUT2D eigenvalue weighted by molar-refractivity contribution is 6.03. The third-order valence-corrected chi connectivity index (χ3v) is 2.70. The van der Waals surface area contributed by atoms with Crippen molar-refractivity contribution in [2.45, 2.75) is 6.92 Å². The lowest BCUT2D eigenvalue weighted by molar-refractivity contribution is 0.102. The first-order chi connectivity index (χ1) is 9.70. The van der Waals surface area contributed by atoms with Crippen LogP contribution in [-0.2, 0) is 0 Å². The van der Waals surface area contributed by atoms with Crippen LogP contribution in [0.4, 0.5) is 5.69 Å². The number of hydrogen-bond donors (Lipinski definition) is 2. The second-order valence-corrected chi connectivity index (χ2v) is 4.29. The summed E-state index contributed by atoms with van der Waals surface area (Å²) in [7, 11) is 0. The summed E-state index contributed by atoms with van der Waals surface area (Å²) < 4.78 is 5.41. The van der Waals surface area contributed by atoms with Crippen molar-refractivity contribution in [1.82, 2.24) is 4.98 Å². The molecule has 0 aliphatic carbocycles. The number of carbonyl (C=O) groups is 1. The summed E-state index contributed by atoms with van der Waals surface area (Å²) in [6, 6.07) is 10.8. The lowest BCUT2D eigenvalue weighted by Crippen LogP contribution is -2.15. The summed E-state index contributed by atoms with van der Waals surface area (Å²) in [4.78, 5) is 16.2. The number of aryl methyl sites for hydroxylation is 1. The van der Waals surface area contributed by atoms with Crippen molar-refractivity contribution in [2.75, 3.05) is 18.5 Å². The Bertz CT molecular complexity index is 599. The molecule has 2 rings (SSSR count). The van der Waals surface area contributed by atoms with Gasteiger partial charge in [0.05, 0.1) is 0 Å². The maximum Gasteiger partial charge on any atom is 0.274 e. The zero-order valence-electron chi connectivity index (χ0n) is 11.3. The Morgan fingerprint density at radius 3 is 2.95 bits per heavy atom. The predicted octanol–water partition coefficient (Wildman–Crippen LogP) is 1.98. The molecule has 20 heavy (non-hydrogen) atoms. The van der Waals surface area contributed by atoms with Gasteiger partial charge in [-0.05, 0) is 30.7 Å². The molecule has 1 amide bonds. The van der Waals surface area contributed by atoms with Crippen molar-refractivity contribution in [1.29, 1.82) is 0 Å². The molecule has 0 saturated heterocycles. The quantitative estimate of drug-likeness (QED) is 0.871. The Kier molecular flexibility index (Phi) is 4.68. The highest BCUT2D eigenvalue weighted by atomic mass is 16.5. The number of amides is 1. The SMILES string of the molecule is Cc1cccnc1C(=O)Nc1cccc(OCCN)c1. The van der Waals surface area contributed by atoms with Crippen molar-refractivity contribution in [3.05, 3.63) is 53.9 Å². The van der Waals surface area contributed by atoms with Gasteiger partial charge in [-0.25, -0.2) is 0 Å². The average Bonchev–Trinajstić information content (AvgIpc) is 2.46. The van der Waals surface area contributed by atoms with Crippen LogP contribution in [0.1, 0.15) is 16.1 Å². The number of rotatable bonds is 5. The van der Waals surface area contributed by atoms with Crippen LogP contribution < -0.4 is 15.8 Å². The molecule has 3 N–H and O–H groups in total. The van der Waals surface area contributed by atoms with Crippen LogP contribution in [-0.4, -0.2) is 24.0 Å². The zero-order chi connectivity index (χ0) is 14.4. The van der Waals surface area contributed by atoms with E-state index in [2.05, 4.69) is 10.3 Å². The van der Waals surface area contributed by atoms with E-state index >= 15 is 0 Å². The molecule has 5 heteroatoms. The van der Waals surface area contributed by atoms with Crippen LogP contribution in [0.2, 0.25) is 0 Å². The number of benzene rings is 1. The summed E-state index contributed by atoms with van der Waals surface area (Å²) in [5.41, 5.74) is 7.30. The summed E-state index contributed by atoms with van der Waals surface area (Å²) >= 11 is 0. The molecule has 0 spiro atoms. The van der Waals surface area contributed by atoms with E-state index in [0.717, 1.165) is 5.56 Å². The van der Waals surface area contributed by atoms with Crippen LogP contribution >= 0.6 is 0 Å². The van der Waals surface area contributed by atoms with Gasteiger partial charge in [-0.3, -0.25) is 9.78 Å². The predicted molar refractivity (Wildman–Crippen MR) is 77.9 cm³/mol. The second kappa shape index (κ2) is 6.68. The van der Waals surface area contributed by atoms with Crippen LogP contribution in [0, 0.1) is 6.92 Å². The van der Waals surface area contributed by atoms with Gasteiger partial charge in [0.2, 0.25) is 0 Å². The van der Waals surface area contributed by atoms with Gasteiger partial charge < -0.3 is 15.8 Å². The standard InChI is InChI=1S/C15H17N3O2/c1-11-4-3-8-17-14(11)15(19)18-12-5-2-6-13(10-12)20-9-7-16/h2-6,8,10H,7,9,16H2,1H3,(H,18,19). The molecule has 0 fully saturated rings. The van der Waals surface area contributed by atoms with E-state index in [1.807, 2.05) is 25.1 Å². The molecular formula is C15H17N3O2. The average molecular weight is 271 g/mol. The number of anilines is 1. The topological polar surface area (TPSA) is 77.2 Å². The molecule has 2 aromatic rings. The van der Waals surface area contributed by atoms with E-state index in [1.54, 1.807) is 24.4 Å². The van der Waals surface area contributed by atoms with Gasteiger partial charge in [-0.1, -0.05) is 12.1 Å². The third kappa shape index (κ3) is 3.55. The molecule has 0 unspecified atom stereocenters. The first kappa shape index (κ1) is 14.0. The number of aromatic nitrogens is 1. The Hall–Kier alpha value is -2.40. The normalized spacial score (nSPS) is 10.1. The van der Waals surface area contributed by atoms with Crippen LogP contribution in [0.25, 0.3) is 0 Å². The number of nitrogens with zero attached hydrogens (tertiary/aromatic N) is 1. The van der Waals surface area contributed by atoms with E-state index in [4.69, 9.17) is 10.5 Å². The fraction of sp³-hybridized carbons (Fsp3) is 0.200. The molecule has 1 heterocycles. The fourth-order valence-electron chi connectivity index (χ4n) is 1.75. The molecule has 0 atom stereocenters. The molecule has 1 aromatic carbocycles. The molecule has 0 saturated carbocycles. The van der Waals surface area contributed by atoms with E-state index in [1.165, 1.54) is 0 Å². The van der Waals surface area contributed by atoms with Crippen LogP contribution in [0.15, 0.2) is 42.6 Å². The minimum Gasteiger partial charge on any atom is -0.492 e. The van der Waals surface area contributed by atoms with Gasteiger partial charge in [0.25, 0.3) is 5.91 Å². The zero-order valence-corrected chi connectivity index (χ0v) is 11.3. The fourth-order valence-corrected chi connectivity index (χ4v) is 1.75. The molecule has 0 aliphatic heterocycles. The highest BCUT2D eigenvalue weighted by Crippen LogP contribution is 2.18. The smallest absolute Gasteiger partial charge is 0.274 e. The van der Waals surface area contributed by atoms with Gasteiger partial charge in [0.15, 0.2) is 0 Å². The maximum atomic E-state index is 12.1. The Morgan fingerprint density at radius 2 is 2.20 bits per heavy atom. The summed E-state index contributed by atoms with van der Waals surface area (Å²) in [5.74, 6) is 0.435. The highest BCUT2D eigenvalue weighted by Gasteiger charge is 2.10. The minimum absolute atomic E-state index is 0.237. The number of hydrogen-bond acceptors (Lipinski definition) is 4. The van der Waals surface area contributed by atoms with E-state index in [9.17, 15) is 4.79 Å². The largest absolute Gasteiger partial charge is 0.492 e. The molecule has 104 valence electrons. The van der Waals surface area contributed by atoms with E-state index in [-0.39, 0.29) is 5.91 Å². The summed E-state index contributed by atoms with van der Waals surface area (Å²) in [6.07, 6.45) is 1.60. The van der Waals surface area contributed by atoms with Crippen molar-refractivity contribution in [2.24, 2.45) is 5.73 Å². The van der Waals surface area contributed by atoms with Crippen LogP contribution in [0.5, 0.6) is 5.75 Å². The van der Waals surface area contributed by atoms with Crippen molar-refractivity contribution in [3.63, 3.8) is 0 Å². The minimum atomic E-state index is -0.237. The van der Waals surface area contributed by atoms with Gasteiger partial charge in [-0.15, -0.1) is 0 Å². The van der Waals surface area contributed by atoms with E-state index < -0.39 is 0 Å². The molecule has 0 radical (unpaired) electrons. The second-order valence-electron chi connectivity index (χ2n) is 4.29. The van der Waals surface area contributed by atoms with Crippen molar-refractivity contribution in [3.8, 4) is 5.75 Å². The number of carbonyl (C=O) groups excluding carboxylic acids is 1. The van der Waals surface area contributed by atoms with Gasteiger partial charge >= 0.3 is 0 Å². The molecule has 0 aliphatic rings. The first-order valence-electron chi connectivity index (χ1n) is 6.36. The molecular weight excluding hydrogens is 254 g/mol. The van der Waals surface area contributed by atoms with Gasteiger partial charge in [0, 0.05) is 24.5 Å². The van der Waals surface area contributed by atoms with Crippen LogP contribution in [0.3, 0.4) is 0 Å². The Labute approximate surface area is 117 Å². The molecule has 5 nitrogen and oxygen atoms in total. The lowest BCUT2D eigenvalue weighted by atomic mass is 10.2. The number of pyridine rings is 1. The Balaban J connectivity index is 2.10. The lowest BCUT2D eigenvalue weighted by Gasteiger charge is -2.09. The van der Waals surface area contributed by atoms with Gasteiger partial charge in [-0.2, -0.15) is 0 Å². The molecule has 1 aromatic heterocycles. The van der Waals surface area contributed by atoms with Crippen molar-refractivity contribution < 1.29 is 9.53 Å². The third-order valence-electron chi connectivity index (χ3n) is 2.70. The Morgan fingerprint density at radius 1 is 1.35 bits per heavy atom.